The van der Waals surface area contributed by atoms with Crippen LogP contribution in [0.25, 0.3) is 10.9 Å². The fourth-order valence-corrected chi connectivity index (χ4v) is 3.75. The Hall–Kier alpha value is -2.60. The zero-order valence-corrected chi connectivity index (χ0v) is 16.3. The monoisotopic (exact) mass is 381 g/mol. The van der Waals surface area contributed by atoms with Crippen LogP contribution in [0.3, 0.4) is 0 Å². The van der Waals surface area contributed by atoms with Gasteiger partial charge in [0.05, 0.1) is 22.7 Å². The third-order valence-corrected chi connectivity index (χ3v) is 5.26. The lowest BCUT2D eigenvalue weighted by molar-refractivity contribution is -0.119. The lowest BCUT2D eigenvalue weighted by Crippen LogP contribution is -2.29. The van der Waals surface area contributed by atoms with Crippen LogP contribution in [0.2, 0.25) is 0 Å². The van der Waals surface area contributed by atoms with Crippen molar-refractivity contribution in [2.75, 3.05) is 5.75 Å². The topological polar surface area (TPSA) is 64.0 Å². The molecule has 1 atom stereocenters. The first-order chi connectivity index (χ1) is 13.1. The number of nitrogens with one attached hydrogen (secondary N) is 1. The molecule has 3 aromatic rings. The van der Waals surface area contributed by atoms with Gasteiger partial charge in [-0.15, -0.1) is 0 Å². The van der Waals surface area contributed by atoms with Crippen molar-refractivity contribution in [3.8, 4) is 0 Å². The van der Waals surface area contributed by atoms with Gasteiger partial charge < -0.3 is 5.32 Å². The van der Waals surface area contributed by atoms with E-state index in [2.05, 4.69) is 10.3 Å². The van der Waals surface area contributed by atoms with Crippen LogP contribution in [-0.4, -0.2) is 21.2 Å². The van der Waals surface area contributed by atoms with E-state index in [1.54, 1.807) is 10.6 Å². The highest BCUT2D eigenvalue weighted by molar-refractivity contribution is 7.99. The van der Waals surface area contributed by atoms with Crippen molar-refractivity contribution in [2.24, 2.45) is 0 Å². The van der Waals surface area contributed by atoms with Gasteiger partial charge in [-0.3, -0.25) is 14.2 Å². The molecule has 6 heteroatoms. The summed E-state index contributed by atoms with van der Waals surface area (Å²) in [7, 11) is 0. The molecule has 0 aliphatic rings. The summed E-state index contributed by atoms with van der Waals surface area (Å²) in [6, 6.07) is 17.1. The van der Waals surface area contributed by atoms with Crippen molar-refractivity contribution in [1.82, 2.24) is 14.9 Å². The number of carbonyl (C=O) groups excluding carboxylic acids is 1. The van der Waals surface area contributed by atoms with Crippen LogP contribution in [0.4, 0.5) is 0 Å². The number of nitrogens with zero attached hydrogens (tertiary/aromatic N) is 2. The van der Waals surface area contributed by atoms with Crippen LogP contribution < -0.4 is 10.9 Å². The van der Waals surface area contributed by atoms with Crippen molar-refractivity contribution in [1.29, 1.82) is 0 Å². The summed E-state index contributed by atoms with van der Waals surface area (Å²) in [6.45, 7) is 4.56. The fraction of sp³-hybridized carbons (Fsp3) is 0.286. The predicted molar refractivity (Wildman–Crippen MR) is 110 cm³/mol. The molecule has 0 aliphatic heterocycles. The van der Waals surface area contributed by atoms with E-state index in [-0.39, 0.29) is 23.3 Å². The molecule has 0 aliphatic carbocycles. The van der Waals surface area contributed by atoms with Crippen LogP contribution >= 0.6 is 11.8 Å². The standard InChI is InChI=1S/C21H23N3O2S/c1-3-13-24-20(26)17-11-7-8-12-18(17)23-21(24)27-14-19(25)22-15(2)16-9-5-4-6-10-16/h4-12,15H,3,13-14H2,1-2H3,(H,22,25)/t15-/m1/s1. The molecule has 140 valence electrons. The maximum Gasteiger partial charge on any atom is 0.262 e. The average molecular weight is 382 g/mol. The summed E-state index contributed by atoms with van der Waals surface area (Å²) in [5.74, 6) is 0.132. The molecule has 27 heavy (non-hydrogen) atoms. The van der Waals surface area contributed by atoms with Crippen LogP contribution in [0.5, 0.6) is 0 Å². The molecule has 1 N–H and O–H groups in total. The minimum atomic E-state index is -0.0817. The summed E-state index contributed by atoms with van der Waals surface area (Å²) in [6.07, 6.45) is 0.824. The smallest absolute Gasteiger partial charge is 0.262 e. The van der Waals surface area contributed by atoms with Crippen molar-refractivity contribution < 1.29 is 4.79 Å². The minimum absolute atomic E-state index is 0.0528. The highest BCUT2D eigenvalue weighted by atomic mass is 32.2. The molecule has 1 heterocycles. The zero-order valence-electron chi connectivity index (χ0n) is 15.5. The van der Waals surface area contributed by atoms with Gasteiger partial charge in [-0.2, -0.15) is 0 Å². The van der Waals surface area contributed by atoms with Crippen LogP contribution in [0.15, 0.2) is 64.5 Å². The first-order valence-electron chi connectivity index (χ1n) is 9.07. The van der Waals surface area contributed by atoms with Gasteiger partial charge in [-0.25, -0.2) is 4.98 Å². The molecule has 5 nitrogen and oxygen atoms in total. The fourth-order valence-electron chi connectivity index (χ4n) is 2.92. The molecular weight excluding hydrogens is 358 g/mol. The molecule has 0 saturated carbocycles. The maximum atomic E-state index is 12.8. The van der Waals surface area contributed by atoms with E-state index >= 15 is 0 Å². The van der Waals surface area contributed by atoms with Gasteiger partial charge in [-0.1, -0.05) is 61.2 Å². The molecule has 3 rings (SSSR count). The van der Waals surface area contributed by atoms with Crippen molar-refractivity contribution >= 4 is 28.6 Å². The quantitative estimate of drug-likeness (QED) is 0.500. The van der Waals surface area contributed by atoms with Gasteiger partial charge in [0.25, 0.3) is 5.56 Å². The van der Waals surface area contributed by atoms with Gasteiger partial charge in [0.2, 0.25) is 5.91 Å². The lowest BCUT2D eigenvalue weighted by atomic mass is 10.1. The molecule has 1 amide bonds. The first-order valence-corrected chi connectivity index (χ1v) is 10.1. The van der Waals surface area contributed by atoms with Gasteiger partial charge >= 0.3 is 0 Å². The SMILES string of the molecule is CCCn1c(SCC(=O)N[C@H](C)c2ccccc2)nc2ccccc2c1=O. The number of amides is 1. The van der Waals surface area contributed by atoms with Crippen molar-refractivity contribution in [3.05, 3.63) is 70.5 Å². The van der Waals surface area contributed by atoms with Crippen LogP contribution in [0, 0.1) is 0 Å². The highest BCUT2D eigenvalue weighted by Gasteiger charge is 2.14. The second kappa shape index (κ2) is 8.86. The van der Waals surface area contributed by atoms with E-state index in [1.807, 2.05) is 62.4 Å². The average Bonchev–Trinajstić information content (AvgIpc) is 2.69. The number of rotatable bonds is 7. The number of hydrogen-bond donors (Lipinski definition) is 1. The number of thioether (sulfide) groups is 1. The molecule has 2 aromatic carbocycles. The Labute approximate surface area is 162 Å². The molecule has 0 bridgehead atoms. The molecule has 0 saturated heterocycles. The largest absolute Gasteiger partial charge is 0.349 e. The van der Waals surface area contributed by atoms with E-state index in [4.69, 9.17) is 0 Å². The Morgan fingerprint density at radius 3 is 2.59 bits per heavy atom. The maximum absolute atomic E-state index is 12.8. The molecule has 0 spiro atoms. The van der Waals surface area contributed by atoms with Crippen molar-refractivity contribution in [2.45, 2.75) is 38.0 Å². The van der Waals surface area contributed by atoms with Crippen LogP contribution in [-0.2, 0) is 11.3 Å². The number of hydrogen-bond acceptors (Lipinski definition) is 4. The molecule has 0 radical (unpaired) electrons. The Morgan fingerprint density at radius 1 is 1.15 bits per heavy atom. The summed E-state index contributed by atoms with van der Waals surface area (Å²) in [5, 5.41) is 4.19. The zero-order chi connectivity index (χ0) is 19.2. The molecular formula is C21H23N3O2S. The Bertz CT molecular complexity index is 986. The molecule has 0 unspecified atom stereocenters. The number of para-hydroxylation sites is 1. The van der Waals surface area contributed by atoms with E-state index in [9.17, 15) is 9.59 Å². The second-order valence-corrected chi connectivity index (χ2v) is 7.30. The highest BCUT2D eigenvalue weighted by Crippen LogP contribution is 2.19. The second-order valence-electron chi connectivity index (χ2n) is 6.36. The predicted octanol–water partition coefficient (Wildman–Crippen LogP) is 3.78. The Balaban J connectivity index is 1.75. The number of aromatic nitrogens is 2. The summed E-state index contributed by atoms with van der Waals surface area (Å²) in [4.78, 5) is 29.7. The van der Waals surface area contributed by atoms with Gasteiger partial charge in [0, 0.05) is 6.54 Å². The summed E-state index contributed by atoms with van der Waals surface area (Å²) in [5.41, 5.74) is 1.67. The van der Waals surface area contributed by atoms with Gasteiger partial charge in [0.15, 0.2) is 5.16 Å². The third kappa shape index (κ3) is 4.57. The Morgan fingerprint density at radius 2 is 1.85 bits per heavy atom. The van der Waals surface area contributed by atoms with Gasteiger partial charge in [-0.05, 0) is 31.0 Å². The van der Waals surface area contributed by atoms with Crippen molar-refractivity contribution in [3.63, 3.8) is 0 Å². The number of fused-ring (bicyclic) bond motifs is 1. The normalized spacial score (nSPS) is 12.1. The summed E-state index contributed by atoms with van der Waals surface area (Å²) >= 11 is 1.30. The molecule has 1 aromatic heterocycles. The number of benzene rings is 2. The summed E-state index contributed by atoms with van der Waals surface area (Å²) < 4.78 is 1.67. The van der Waals surface area contributed by atoms with E-state index < -0.39 is 0 Å². The van der Waals surface area contributed by atoms with Gasteiger partial charge in [0.1, 0.15) is 0 Å². The lowest BCUT2D eigenvalue weighted by Gasteiger charge is -2.15. The van der Waals surface area contributed by atoms with E-state index in [0.717, 1.165) is 12.0 Å². The Kier molecular flexibility index (Phi) is 6.29. The third-order valence-electron chi connectivity index (χ3n) is 4.28. The first kappa shape index (κ1) is 19.2. The minimum Gasteiger partial charge on any atom is -0.349 e. The van der Waals surface area contributed by atoms with E-state index in [1.165, 1.54) is 11.8 Å². The van der Waals surface area contributed by atoms with E-state index in [0.29, 0.717) is 22.6 Å². The van der Waals surface area contributed by atoms with Crippen LogP contribution in [0.1, 0.15) is 31.9 Å². The number of carbonyl (C=O) groups is 1. The molecule has 0 fully saturated rings.